The maximum Gasteiger partial charge on any atom is 0.416 e. The van der Waals surface area contributed by atoms with Crippen LogP contribution in [0.25, 0.3) is 11.4 Å². The molecular formula is C24H23Br2F3N7O2. The molecule has 1 aromatic heterocycles. The van der Waals surface area contributed by atoms with Gasteiger partial charge in [0.05, 0.1) is 11.1 Å². The molecule has 14 heteroatoms. The lowest BCUT2D eigenvalue weighted by atomic mass is 10.1. The van der Waals surface area contributed by atoms with E-state index in [-0.39, 0.29) is 19.0 Å². The van der Waals surface area contributed by atoms with Crippen LogP contribution in [0.4, 0.5) is 18.9 Å². The Morgan fingerprint density at radius 3 is 2.53 bits per heavy atom. The minimum atomic E-state index is -4.42. The van der Waals surface area contributed by atoms with E-state index in [4.69, 9.17) is 0 Å². The first-order valence-corrected chi connectivity index (χ1v) is 13.6. The number of nitrogens with zero attached hydrogens (tertiary/aromatic N) is 6. The summed E-state index contributed by atoms with van der Waals surface area (Å²) in [4.78, 5) is 20.6. The number of H-pyrrole nitrogens is 1. The van der Waals surface area contributed by atoms with Crippen LogP contribution in [0.2, 0.25) is 0 Å². The SMILES string of the molecule is O=C(c1ccccc1-c1n[nH]c(C2CN(c3cccc(C(F)(F)F)c3)CC[N]2)n1)N1CC(Br)N(O)C(Br)C1. The van der Waals surface area contributed by atoms with Gasteiger partial charge in [-0.15, -0.1) is 0 Å². The zero-order valence-corrected chi connectivity index (χ0v) is 23.0. The van der Waals surface area contributed by atoms with E-state index in [2.05, 4.69) is 52.4 Å². The number of carbonyl (C=O) groups is 1. The number of aromatic amines is 1. The van der Waals surface area contributed by atoms with Crippen molar-refractivity contribution in [3.8, 4) is 11.4 Å². The predicted octanol–water partition coefficient (Wildman–Crippen LogP) is 4.25. The molecule has 5 rings (SSSR count). The predicted molar refractivity (Wildman–Crippen MR) is 140 cm³/mol. The van der Waals surface area contributed by atoms with Crippen LogP contribution in [0.3, 0.4) is 0 Å². The van der Waals surface area contributed by atoms with Gasteiger partial charge >= 0.3 is 6.18 Å². The summed E-state index contributed by atoms with van der Waals surface area (Å²) >= 11 is 6.75. The summed E-state index contributed by atoms with van der Waals surface area (Å²) in [6.45, 7) is 1.79. The Balaban J connectivity index is 1.35. The van der Waals surface area contributed by atoms with Gasteiger partial charge in [0, 0.05) is 44.0 Å². The molecule has 3 aromatic rings. The number of benzene rings is 2. The van der Waals surface area contributed by atoms with Gasteiger partial charge in [0.15, 0.2) is 5.82 Å². The molecule has 2 aromatic carbocycles. The van der Waals surface area contributed by atoms with Gasteiger partial charge in [-0.05, 0) is 24.3 Å². The summed E-state index contributed by atoms with van der Waals surface area (Å²) in [5.41, 5.74) is 0.716. The summed E-state index contributed by atoms with van der Waals surface area (Å²) in [7, 11) is 0. The first-order valence-electron chi connectivity index (χ1n) is 11.8. The zero-order chi connectivity index (χ0) is 27.0. The van der Waals surface area contributed by atoms with Crippen molar-refractivity contribution in [2.24, 2.45) is 0 Å². The zero-order valence-electron chi connectivity index (χ0n) is 19.8. The van der Waals surface area contributed by atoms with Crippen LogP contribution in [0.15, 0.2) is 48.5 Å². The van der Waals surface area contributed by atoms with Gasteiger partial charge < -0.3 is 15.0 Å². The minimum absolute atomic E-state index is 0.230. The lowest BCUT2D eigenvalue weighted by Gasteiger charge is -2.38. The van der Waals surface area contributed by atoms with E-state index < -0.39 is 27.7 Å². The van der Waals surface area contributed by atoms with Crippen LogP contribution in [0, 0.1) is 0 Å². The summed E-state index contributed by atoms with van der Waals surface area (Å²) in [6.07, 6.45) is -4.42. The maximum absolute atomic E-state index is 13.4. The average Bonchev–Trinajstić information content (AvgIpc) is 3.41. The first-order chi connectivity index (χ1) is 18.1. The van der Waals surface area contributed by atoms with E-state index in [0.29, 0.717) is 48.1 Å². The quantitative estimate of drug-likeness (QED) is 0.322. The molecule has 2 fully saturated rings. The number of rotatable bonds is 4. The van der Waals surface area contributed by atoms with Crippen LogP contribution in [-0.2, 0) is 6.18 Å². The third-order valence-corrected chi connectivity index (χ3v) is 7.89. The molecule has 2 saturated heterocycles. The number of halogens is 5. The third-order valence-electron chi connectivity index (χ3n) is 6.47. The maximum atomic E-state index is 13.4. The molecule has 2 aliphatic rings. The molecule has 3 heterocycles. The van der Waals surface area contributed by atoms with Crippen molar-refractivity contribution in [1.29, 1.82) is 0 Å². The molecular weight excluding hydrogens is 635 g/mol. The van der Waals surface area contributed by atoms with Crippen molar-refractivity contribution in [2.45, 2.75) is 22.1 Å². The highest BCUT2D eigenvalue weighted by molar-refractivity contribution is 9.10. The summed E-state index contributed by atoms with van der Waals surface area (Å²) in [6, 6.07) is 11.8. The molecule has 0 saturated carbocycles. The van der Waals surface area contributed by atoms with E-state index in [1.54, 1.807) is 35.2 Å². The Labute approximate surface area is 233 Å². The van der Waals surface area contributed by atoms with Crippen molar-refractivity contribution in [3.05, 3.63) is 65.5 Å². The Hall–Kier alpha value is -2.52. The number of anilines is 1. The van der Waals surface area contributed by atoms with Crippen molar-refractivity contribution in [1.82, 2.24) is 30.5 Å². The molecule has 0 aliphatic carbocycles. The molecule has 2 N–H and O–H groups in total. The van der Waals surface area contributed by atoms with Gasteiger partial charge in [0.25, 0.3) is 5.91 Å². The highest BCUT2D eigenvalue weighted by Crippen LogP contribution is 2.33. The van der Waals surface area contributed by atoms with Gasteiger partial charge in [-0.3, -0.25) is 9.89 Å². The van der Waals surface area contributed by atoms with Gasteiger partial charge in [0.1, 0.15) is 21.8 Å². The standard InChI is InChI=1S/C24H23Br2F3N7O2/c25-19-12-35(13-20(26)36(19)38)23(37)17-7-2-1-6-16(17)21-31-22(33-32-21)18-11-34(9-8-30-18)15-5-3-4-14(10-15)24(27,28)29/h1-7,10,18-20,38H,8-9,11-13H2,(H,31,32,33). The van der Waals surface area contributed by atoms with Gasteiger partial charge in [0.2, 0.25) is 0 Å². The minimum Gasteiger partial charge on any atom is -0.368 e. The van der Waals surface area contributed by atoms with E-state index in [0.717, 1.165) is 17.2 Å². The fourth-order valence-corrected chi connectivity index (χ4v) is 6.09. The van der Waals surface area contributed by atoms with Crippen LogP contribution >= 0.6 is 31.9 Å². The Bertz CT molecular complexity index is 1300. The number of alkyl halides is 5. The van der Waals surface area contributed by atoms with E-state index in [9.17, 15) is 23.2 Å². The molecule has 38 heavy (non-hydrogen) atoms. The highest BCUT2D eigenvalue weighted by Gasteiger charge is 2.35. The Morgan fingerprint density at radius 1 is 1.05 bits per heavy atom. The molecule has 2 aliphatic heterocycles. The monoisotopic (exact) mass is 656 g/mol. The van der Waals surface area contributed by atoms with E-state index in [1.807, 2.05) is 4.90 Å². The largest absolute Gasteiger partial charge is 0.416 e. The number of amides is 1. The summed E-state index contributed by atoms with van der Waals surface area (Å²) in [5, 5.41) is 23.0. The topological polar surface area (TPSA) is 103 Å². The molecule has 9 nitrogen and oxygen atoms in total. The molecule has 3 unspecified atom stereocenters. The second-order valence-electron chi connectivity index (χ2n) is 8.97. The second-order valence-corrected chi connectivity index (χ2v) is 11.1. The lowest BCUT2D eigenvalue weighted by Crippen LogP contribution is -2.54. The molecule has 201 valence electrons. The number of piperazine rings is 2. The number of aromatic nitrogens is 3. The van der Waals surface area contributed by atoms with Crippen LogP contribution < -0.4 is 10.2 Å². The van der Waals surface area contributed by atoms with E-state index in [1.165, 1.54) is 6.07 Å². The van der Waals surface area contributed by atoms with Crippen molar-refractivity contribution < 1.29 is 23.2 Å². The van der Waals surface area contributed by atoms with Crippen LogP contribution in [0.5, 0.6) is 0 Å². The second kappa shape index (κ2) is 10.9. The number of carbonyl (C=O) groups excluding carboxylic acids is 1. The number of hydroxylamine groups is 2. The number of nitrogens with one attached hydrogen (secondary N) is 1. The molecule has 0 spiro atoms. The van der Waals surface area contributed by atoms with Gasteiger partial charge in [-0.25, -0.2) is 10.3 Å². The third kappa shape index (κ3) is 5.59. The lowest BCUT2D eigenvalue weighted by molar-refractivity contribution is -0.137. The summed E-state index contributed by atoms with van der Waals surface area (Å²) < 4.78 is 39.6. The van der Waals surface area contributed by atoms with Gasteiger partial charge in [-0.1, -0.05) is 56.1 Å². The molecule has 1 amide bonds. The van der Waals surface area contributed by atoms with Gasteiger partial charge in [-0.2, -0.15) is 23.3 Å². The van der Waals surface area contributed by atoms with E-state index >= 15 is 0 Å². The smallest absolute Gasteiger partial charge is 0.368 e. The number of hydrogen-bond donors (Lipinski definition) is 2. The first kappa shape index (κ1) is 27.1. The molecule has 0 bridgehead atoms. The fraction of sp³-hybridized carbons (Fsp3) is 0.375. The number of hydrogen-bond acceptors (Lipinski definition) is 6. The van der Waals surface area contributed by atoms with Crippen molar-refractivity contribution >= 4 is 43.5 Å². The summed E-state index contributed by atoms with van der Waals surface area (Å²) in [5.74, 6) is 0.558. The normalized spacial score (nSPS) is 23.1. The van der Waals surface area contributed by atoms with Crippen molar-refractivity contribution in [2.75, 3.05) is 37.6 Å². The Morgan fingerprint density at radius 2 is 1.79 bits per heavy atom. The van der Waals surface area contributed by atoms with Crippen molar-refractivity contribution in [3.63, 3.8) is 0 Å². The van der Waals surface area contributed by atoms with Crippen LogP contribution in [-0.4, -0.2) is 78.9 Å². The van der Waals surface area contributed by atoms with Crippen LogP contribution in [0.1, 0.15) is 27.8 Å². The average molecular weight is 658 g/mol. The molecule has 1 radical (unpaired) electrons. The fourth-order valence-electron chi connectivity index (χ4n) is 4.50. The Kier molecular flexibility index (Phi) is 7.78. The highest BCUT2D eigenvalue weighted by atomic mass is 79.9. The molecule has 3 atom stereocenters.